The van der Waals surface area contributed by atoms with Gasteiger partial charge in [-0.15, -0.1) is 0 Å². The largest absolute Gasteiger partial charge is 0.416 e. The summed E-state index contributed by atoms with van der Waals surface area (Å²) in [5, 5.41) is 8.23. The third kappa shape index (κ3) is 3.03. The standard InChI is InChI=1S/C9H8F3NO2/c10-9(11,12)7-3-1-6(2-4-7)8(14)5-13-15/h1-4,13,15H,5H2. The van der Waals surface area contributed by atoms with Crippen molar-refractivity contribution in [1.29, 1.82) is 0 Å². The maximum absolute atomic E-state index is 12.1. The SMILES string of the molecule is O=C(CNO)c1ccc(C(F)(F)F)cc1. The van der Waals surface area contributed by atoms with Gasteiger partial charge in [-0.3, -0.25) is 4.79 Å². The van der Waals surface area contributed by atoms with Crippen molar-refractivity contribution in [3.8, 4) is 0 Å². The van der Waals surface area contributed by atoms with E-state index in [1.165, 1.54) is 0 Å². The number of alkyl halides is 3. The molecule has 0 atom stereocenters. The van der Waals surface area contributed by atoms with Crippen LogP contribution in [0, 0.1) is 0 Å². The Hall–Kier alpha value is -1.40. The van der Waals surface area contributed by atoms with Gasteiger partial charge in [0.15, 0.2) is 5.78 Å². The number of nitrogens with one attached hydrogen (secondary N) is 1. The minimum Gasteiger partial charge on any atom is -0.316 e. The van der Waals surface area contributed by atoms with Crippen LogP contribution in [0.5, 0.6) is 0 Å². The highest BCUT2D eigenvalue weighted by Gasteiger charge is 2.30. The van der Waals surface area contributed by atoms with Crippen LogP contribution in [0.3, 0.4) is 0 Å². The molecule has 15 heavy (non-hydrogen) atoms. The summed E-state index contributed by atoms with van der Waals surface area (Å²) in [5.41, 5.74) is 0.945. The van der Waals surface area contributed by atoms with E-state index in [2.05, 4.69) is 0 Å². The Morgan fingerprint density at radius 1 is 1.27 bits per heavy atom. The predicted octanol–water partition coefficient (Wildman–Crippen LogP) is 1.87. The summed E-state index contributed by atoms with van der Waals surface area (Å²) < 4.78 is 36.4. The predicted molar refractivity (Wildman–Crippen MR) is 45.6 cm³/mol. The van der Waals surface area contributed by atoms with Crippen LogP contribution in [0.4, 0.5) is 13.2 Å². The molecule has 0 radical (unpaired) electrons. The monoisotopic (exact) mass is 219 g/mol. The molecule has 1 aromatic rings. The zero-order chi connectivity index (χ0) is 11.5. The highest BCUT2D eigenvalue weighted by molar-refractivity contribution is 5.97. The summed E-state index contributed by atoms with van der Waals surface area (Å²) in [7, 11) is 0. The third-order valence-electron chi connectivity index (χ3n) is 1.77. The molecular formula is C9H8F3NO2. The zero-order valence-corrected chi connectivity index (χ0v) is 7.51. The molecule has 0 aliphatic rings. The number of ketones is 1. The molecule has 0 fully saturated rings. The molecule has 1 rings (SSSR count). The molecule has 0 saturated heterocycles. The number of carbonyl (C=O) groups excluding carboxylic acids is 1. The lowest BCUT2D eigenvalue weighted by Gasteiger charge is -2.06. The first kappa shape index (κ1) is 11.7. The van der Waals surface area contributed by atoms with E-state index in [0.29, 0.717) is 0 Å². The molecule has 0 unspecified atom stereocenters. The van der Waals surface area contributed by atoms with Gasteiger partial charge in [0.2, 0.25) is 0 Å². The van der Waals surface area contributed by atoms with Crippen molar-refractivity contribution in [3.05, 3.63) is 35.4 Å². The molecule has 82 valence electrons. The minimum atomic E-state index is -4.41. The van der Waals surface area contributed by atoms with E-state index in [9.17, 15) is 18.0 Å². The van der Waals surface area contributed by atoms with Crippen molar-refractivity contribution in [3.63, 3.8) is 0 Å². The van der Waals surface area contributed by atoms with Crippen LogP contribution in [0.25, 0.3) is 0 Å². The Morgan fingerprint density at radius 2 is 1.80 bits per heavy atom. The van der Waals surface area contributed by atoms with Gasteiger partial charge in [-0.2, -0.15) is 18.7 Å². The van der Waals surface area contributed by atoms with E-state index < -0.39 is 17.5 Å². The van der Waals surface area contributed by atoms with Crippen LogP contribution in [-0.4, -0.2) is 17.5 Å². The summed E-state index contributed by atoms with van der Waals surface area (Å²) in [6.07, 6.45) is -4.41. The number of hydrogen-bond acceptors (Lipinski definition) is 3. The van der Waals surface area contributed by atoms with Crippen molar-refractivity contribution in [1.82, 2.24) is 5.48 Å². The Balaban J connectivity index is 2.86. The first-order valence-corrected chi connectivity index (χ1v) is 4.02. The second-order valence-electron chi connectivity index (χ2n) is 2.83. The van der Waals surface area contributed by atoms with Crippen LogP contribution in [-0.2, 0) is 6.18 Å². The molecule has 0 aliphatic heterocycles. The summed E-state index contributed by atoms with van der Waals surface area (Å²) in [6.45, 7) is -0.328. The molecular weight excluding hydrogens is 211 g/mol. The first-order valence-electron chi connectivity index (χ1n) is 4.02. The van der Waals surface area contributed by atoms with Gasteiger partial charge in [0.05, 0.1) is 12.1 Å². The van der Waals surface area contributed by atoms with Gasteiger partial charge in [0, 0.05) is 5.56 Å². The van der Waals surface area contributed by atoms with Crippen LogP contribution in [0.2, 0.25) is 0 Å². The van der Waals surface area contributed by atoms with Gasteiger partial charge >= 0.3 is 6.18 Å². The molecule has 0 aliphatic carbocycles. The van der Waals surface area contributed by atoms with Crippen LogP contribution < -0.4 is 5.48 Å². The molecule has 0 bridgehead atoms. The van der Waals surface area contributed by atoms with Crippen molar-refractivity contribution in [2.45, 2.75) is 6.18 Å². The number of benzene rings is 1. The molecule has 0 amide bonds. The highest BCUT2D eigenvalue weighted by Crippen LogP contribution is 2.29. The highest BCUT2D eigenvalue weighted by atomic mass is 19.4. The summed E-state index contributed by atoms with van der Waals surface area (Å²) in [5.74, 6) is -0.480. The fourth-order valence-electron chi connectivity index (χ4n) is 1.02. The smallest absolute Gasteiger partial charge is 0.316 e. The molecule has 0 saturated carbocycles. The van der Waals surface area contributed by atoms with E-state index in [-0.39, 0.29) is 12.1 Å². The minimum absolute atomic E-state index is 0.115. The normalized spacial score (nSPS) is 11.5. The zero-order valence-electron chi connectivity index (χ0n) is 7.51. The molecule has 6 heteroatoms. The second kappa shape index (κ2) is 4.41. The van der Waals surface area contributed by atoms with Gasteiger partial charge < -0.3 is 5.21 Å². The van der Waals surface area contributed by atoms with E-state index in [4.69, 9.17) is 5.21 Å². The van der Waals surface area contributed by atoms with E-state index in [1.54, 1.807) is 5.48 Å². The van der Waals surface area contributed by atoms with Crippen molar-refractivity contribution in [2.75, 3.05) is 6.54 Å². The van der Waals surface area contributed by atoms with Gasteiger partial charge in [0.25, 0.3) is 0 Å². The Morgan fingerprint density at radius 3 is 2.20 bits per heavy atom. The number of hydroxylamine groups is 1. The molecule has 0 spiro atoms. The molecule has 1 aromatic carbocycles. The number of Topliss-reactive ketones (excluding diaryl/α,β-unsaturated/α-hetero) is 1. The lowest BCUT2D eigenvalue weighted by molar-refractivity contribution is -0.137. The Bertz CT molecular complexity index is 345. The first-order chi connectivity index (χ1) is 6.95. The van der Waals surface area contributed by atoms with Gasteiger partial charge in [-0.05, 0) is 12.1 Å². The number of rotatable bonds is 3. The molecule has 2 N–H and O–H groups in total. The maximum Gasteiger partial charge on any atom is 0.416 e. The second-order valence-corrected chi connectivity index (χ2v) is 2.83. The average molecular weight is 219 g/mol. The van der Waals surface area contributed by atoms with E-state index in [1.807, 2.05) is 0 Å². The van der Waals surface area contributed by atoms with Gasteiger partial charge in [-0.25, -0.2) is 0 Å². The van der Waals surface area contributed by atoms with Gasteiger partial charge in [0.1, 0.15) is 0 Å². The topological polar surface area (TPSA) is 49.3 Å². The maximum atomic E-state index is 12.1. The van der Waals surface area contributed by atoms with Crippen LogP contribution in [0.15, 0.2) is 24.3 Å². The summed E-state index contributed by atoms with van der Waals surface area (Å²) >= 11 is 0. The van der Waals surface area contributed by atoms with Crippen molar-refractivity contribution >= 4 is 5.78 Å². The lowest BCUT2D eigenvalue weighted by Crippen LogP contribution is -2.19. The third-order valence-corrected chi connectivity index (χ3v) is 1.77. The average Bonchev–Trinajstić information content (AvgIpc) is 2.17. The molecule has 3 nitrogen and oxygen atoms in total. The van der Waals surface area contributed by atoms with Crippen molar-refractivity contribution in [2.24, 2.45) is 0 Å². The number of hydrogen-bond donors (Lipinski definition) is 2. The Kier molecular flexibility index (Phi) is 3.43. The number of halogens is 3. The lowest BCUT2D eigenvalue weighted by atomic mass is 10.1. The van der Waals surface area contributed by atoms with Crippen LogP contribution in [0.1, 0.15) is 15.9 Å². The van der Waals surface area contributed by atoms with Crippen molar-refractivity contribution < 1.29 is 23.2 Å². The summed E-state index contributed by atoms with van der Waals surface area (Å²) in [4.78, 5) is 11.1. The van der Waals surface area contributed by atoms with Gasteiger partial charge in [-0.1, -0.05) is 12.1 Å². The quantitative estimate of drug-likeness (QED) is 0.602. The number of carbonyl (C=O) groups is 1. The fraction of sp³-hybridized carbons (Fsp3) is 0.222. The van der Waals surface area contributed by atoms with E-state index >= 15 is 0 Å². The summed E-state index contributed by atoms with van der Waals surface area (Å²) in [6, 6.07) is 3.79. The molecule has 0 heterocycles. The Labute approximate surface area is 83.5 Å². The fourth-order valence-corrected chi connectivity index (χ4v) is 1.02. The molecule has 0 aromatic heterocycles. The van der Waals surface area contributed by atoms with E-state index in [0.717, 1.165) is 24.3 Å². The van der Waals surface area contributed by atoms with Crippen LogP contribution >= 0.6 is 0 Å².